The zero-order valence-corrected chi connectivity index (χ0v) is 10.8. The second-order valence-corrected chi connectivity index (χ2v) is 6.68. The highest BCUT2D eigenvalue weighted by Crippen LogP contribution is 2.32. The predicted octanol–water partition coefficient (Wildman–Crippen LogP) is 0.285. The summed E-state index contributed by atoms with van der Waals surface area (Å²) in [5.41, 5.74) is -1.02. The van der Waals surface area contributed by atoms with E-state index in [1.807, 2.05) is 0 Å². The van der Waals surface area contributed by atoms with E-state index in [0.29, 0.717) is 19.4 Å². The molecule has 0 saturated carbocycles. The molecule has 1 unspecified atom stereocenters. The first-order valence-electron chi connectivity index (χ1n) is 5.59. The summed E-state index contributed by atoms with van der Waals surface area (Å²) in [6.07, 6.45) is 3.55. The van der Waals surface area contributed by atoms with Gasteiger partial charge in [0.05, 0.1) is 11.6 Å². The first-order valence-corrected chi connectivity index (χ1v) is 7.03. The number of carboxylic acids is 1. The molecule has 0 spiro atoms. The fraction of sp³-hybridized carbons (Fsp3) is 0.600. The van der Waals surface area contributed by atoms with E-state index >= 15 is 0 Å². The van der Waals surface area contributed by atoms with Crippen molar-refractivity contribution >= 4 is 16.0 Å². The maximum atomic E-state index is 12.2. The van der Waals surface area contributed by atoms with E-state index in [2.05, 4.69) is 10.2 Å². The lowest BCUT2D eigenvalue weighted by molar-refractivity contribution is -0.150. The normalized spacial score (nSPS) is 26.1. The Hall–Kier alpha value is -1.41. The van der Waals surface area contributed by atoms with Crippen LogP contribution in [0.15, 0.2) is 17.3 Å². The highest BCUT2D eigenvalue weighted by atomic mass is 32.2. The van der Waals surface area contributed by atoms with E-state index in [1.54, 1.807) is 6.92 Å². The van der Waals surface area contributed by atoms with Crippen molar-refractivity contribution in [2.45, 2.75) is 24.7 Å². The number of aromatic amines is 1. The first kappa shape index (κ1) is 13.0. The number of aromatic nitrogens is 2. The number of H-pyrrole nitrogens is 1. The molecular formula is C10H15N3O4S. The lowest BCUT2D eigenvalue weighted by Crippen LogP contribution is -2.48. The van der Waals surface area contributed by atoms with Gasteiger partial charge in [-0.25, -0.2) is 8.42 Å². The van der Waals surface area contributed by atoms with Crippen LogP contribution in [0.1, 0.15) is 19.8 Å². The molecule has 1 aromatic rings. The van der Waals surface area contributed by atoms with Crippen molar-refractivity contribution in [3.63, 3.8) is 0 Å². The molecule has 2 rings (SSSR count). The number of carboxylic acid groups (broad SMARTS) is 1. The number of hydrogen-bond donors (Lipinski definition) is 2. The zero-order valence-electron chi connectivity index (χ0n) is 9.96. The van der Waals surface area contributed by atoms with Crippen LogP contribution in [0.3, 0.4) is 0 Å². The quantitative estimate of drug-likeness (QED) is 0.823. The fourth-order valence-corrected chi connectivity index (χ4v) is 3.61. The van der Waals surface area contributed by atoms with Crippen molar-refractivity contribution < 1.29 is 18.3 Å². The number of nitrogens with one attached hydrogen (secondary N) is 1. The topological polar surface area (TPSA) is 103 Å². The van der Waals surface area contributed by atoms with Gasteiger partial charge in [-0.3, -0.25) is 9.89 Å². The molecule has 8 heteroatoms. The van der Waals surface area contributed by atoms with Crippen molar-refractivity contribution in [1.29, 1.82) is 0 Å². The minimum Gasteiger partial charge on any atom is -0.481 e. The molecular weight excluding hydrogens is 258 g/mol. The van der Waals surface area contributed by atoms with Crippen LogP contribution in [-0.4, -0.2) is 47.1 Å². The summed E-state index contributed by atoms with van der Waals surface area (Å²) in [6.45, 7) is 1.92. The lowest BCUT2D eigenvalue weighted by atomic mass is 9.83. The first-order chi connectivity index (χ1) is 8.36. The molecule has 18 heavy (non-hydrogen) atoms. The number of hydrogen-bond acceptors (Lipinski definition) is 4. The number of sulfonamides is 1. The maximum absolute atomic E-state index is 12.2. The SMILES string of the molecule is CC1(C(=O)O)CCCN(S(=O)(=O)c2cn[nH]c2)C1. The highest BCUT2D eigenvalue weighted by Gasteiger charge is 2.42. The van der Waals surface area contributed by atoms with Crippen LogP contribution in [0.4, 0.5) is 0 Å². The van der Waals surface area contributed by atoms with Crippen molar-refractivity contribution in [2.24, 2.45) is 5.41 Å². The van der Waals surface area contributed by atoms with Crippen molar-refractivity contribution in [1.82, 2.24) is 14.5 Å². The third-order valence-corrected chi connectivity index (χ3v) is 5.10. The van der Waals surface area contributed by atoms with Gasteiger partial charge in [0.25, 0.3) is 0 Å². The summed E-state index contributed by atoms with van der Waals surface area (Å²) < 4.78 is 25.7. The average Bonchev–Trinajstić information content (AvgIpc) is 2.83. The Balaban J connectivity index is 2.27. The molecule has 1 atom stereocenters. The van der Waals surface area contributed by atoms with Crippen LogP contribution in [0, 0.1) is 5.41 Å². The second kappa shape index (κ2) is 4.36. The molecule has 0 radical (unpaired) electrons. The largest absolute Gasteiger partial charge is 0.481 e. The van der Waals surface area contributed by atoms with E-state index in [4.69, 9.17) is 0 Å². The molecule has 0 amide bonds. The van der Waals surface area contributed by atoms with Gasteiger partial charge in [0.15, 0.2) is 0 Å². The Labute approximate surface area is 105 Å². The van der Waals surface area contributed by atoms with E-state index in [-0.39, 0.29) is 11.4 Å². The van der Waals surface area contributed by atoms with Crippen LogP contribution in [0.5, 0.6) is 0 Å². The molecule has 1 saturated heterocycles. The van der Waals surface area contributed by atoms with Crippen LogP contribution < -0.4 is 0 Å². The van der Waals surface area contributed by atoms with Gasteiger partial charge in [-0.15, -0.1) is 0 Å². The minimum absolute atomic E-state index is 0.00412. The van der Waals surface area contributed by atoms with Crippen LogP contribution in [0.25, 0.3) is 0 Å². The van der Waals surface area contributed by atoms with E-state index in [0.717, 1.165) is 0 Å². The minimum atomic E-state index is -3.65. The van der Waals surface area contributed by atoms with Crippen LogP contribution in [0.2, 0.25) is 0 Å². The summed E-state index contributed by atoms with van der Waals surface area (Å²) in [5.74, 6) is -0.963. The number of piperidine rings is 1. The Morgan fingerprint density at radius 1 is 1.61 bits per heavy atom. The Kier molecular flexibility index (Phi) is 3.16. The van der Waals surface area contributed by atoms with Crippen LogP contribution >= 0.6 is 0 Å². The fourth-order valence-electron chi connectivity index (χ4n) is 2.10. The molecule has 1 aromatic heterocycles. The van der Waals surface area contributed by atoms with Gasteiger partial charge in [0.1, 0.15) is 4.90 Å². The molecule has 1 aliphatic rings. The maximum Gasteiger partial charge on any atom is 0.310 e. The molecule has 7 nitrogen and oxygen atoms in total. The molecule has 0 aliphatic carbocycles. The van der Waals surface area contributed by atoms with E-state index in [1.165, 1.54) is 16.7 Å². The molecule has 2 N–H and O–H groups in total. The van der Waals surface area contributed by atoms with E-state index < -0.39 is 21.4 Å². The summed E-state index contributed by atoms with van der Waals surface area (Å²) >= 11 is 0. The number of carbonyl (C=O) groups is 1. The van der Waals surface area contributed by atoms with Crippen molar-refractivity contribution in [3.8, 4) is 0 Å². The van der Waals surface area contributed by atoms with E-state index in [9.17, 15) is 18.3 Å². The average molecular weight is 273 g/mol. The van der Waals surface area contributed by atoms with Gasteiger partial charge in [-0.05, 0) is 19.8 Å². The number of aliphatic carboxylic acids is 1. The monoisotopic (exact) mass is 273 g/mol. The van der Waals surface area contributed by atoms with Gasteiger partial charge in [-0.2, -0.15) is 9.40 Å². The summed E-state index contributed by atoms with van der Waals surface area (Å²) in [5, 5.41) is 15.2. The summed E-state index contributed by atoms with van der Waals surface area (Å²) in [7, 11) is -3.65. The molecule has 0 aromatic carbocycles. The predicted molar refractivity (Wildman–Crippen MR) is 62.3 cm³/mol. The van der Waals surface area contributed by atoms with Gasteiger partial charge in [0, 0.05) is 19.3 Å². The molecule has 1 aliphatic heterocycles. The molecule has 100 valence electrons. The Bertz CT molecular complexity index is 539. The number of rotatable bonds is 3. The van der Waals surface area contributed by atoms with Gasteiger partial charge >= 0.3 is 5.97 Å². The standard InChI is InChI=1S/C10H15N3O4S/c1-10(9(14)15)3-2-4-13(7-10)18(16,17)8-5-11-12-6-8/h5-6H,2-4,7H2,1H3,(H,11,12)(H,14,15). The molecule has 2 heterocycles. The van der Waals surface area contributed by atoms with Crippen molar-refractivity contribution in [2.75, 3.05) is 13.1 Å². The zero-order chi connectivity index (χ0) is 13.4. The smallest absolute Gasteiger partial charge is 0.310 e. The molecule has 1 fully saturated rings. The second-order valence-electron chi connectivity index (χ2n) is 4.74. The summed E-state index contributed by atoms with van der Waals surface area (Å²) in [6, 6.07) is 0. The Morgan fingerprint density at radius 3 is 2.89 bits per heavy atom. The van der Waals surface area contributed by atoms with Crippen LogP contribution in [-0.2, 0) is 14.8 Å². The van der Waals surface area contributed by atoms with Gasteiger partial charge < -0.3 is 5.11 Å². The highest BCUT2D eigenvalue weighted by molar-refractivity contribution is 7.89. The lowest BCUT2D eigenvalue weighted by Gasteiger charge is -2.36. The third-order valence-electron chi connectivity index (χ3n) is 3.29. The number of nitrogens with zero attached hydrogens (tertiary/aromatic N) is 2. The summed E-state index contributed by atoms with van der Waals surface area (Å²) in [4.78, 5) is 11.3. The Morgan fingerprint density at radius 2 is 2.33 bits per heavy atom. The van der Waals surface area contributed by atoms with Gasteiger partial charge in [-0.1, -0.05) is 0 Å². The van der Waals surface area contributed by atoms with Crippen molar-refractivity contribution in [3.05, 3.63) is 12.4 Å². The van der Waals surface area contributed by atoms with Gasteiger partial charge in [0.2, 0.25) is 10.0 Å². The third kappa shape index (κ3) is 2.13. The molecule has 0 bridgehead atoms.